The summed E-state index contributed by atoms with van der Waals surface area (Å²) in [4.78, 5) is 16.9. The normalized spacial score (nSPS) is 15.5. The van der Waals surface area contributed by atoms with E-state index in [9.17, 15) is 4.79 Å². The van der Waals surface area contributed by atoms with Crippen LogP contribution in [0.5, 0.6) is 0 Å². The molecule has 0 bridgehead atoms. The third kappa shape index (κ3) is 5.01. The smallest absolute Gasteiger partial charge is 0.273 e. The molecule has 0 saturated carbocycles. The van der Waals surface area contributed by atoms with E-state index in [-0.39, 0.29) is 11.9 Å². The average molecular weight is 454 g/mol. The van der Waals surface area contributed by atoms with Crippen molar-refractivity contribution >= 4 is 17.5 Å². The zero-order valence-corrected chi connectivity index (χ0v) is 19.4. The number of hydrogen-bond acceptors (Lipinski definition) is 5. The highest BCUT2D eigenvalue weighted by Gasteiger charge is 2.25. The van der Waals surface area contributed by atoms with Crippen molar-refractivity contribution < 1.29 is 9.53 Å². The zero-order chi connectivity index (χ0) is 22.7. The highest BCUT2D eigenvalue weighted by molar-refractivity contribution is 6.30. The van der Waals surface area contributed by atoms with Gasteiger partial charge in [0.05, 0.1) is 30.6 Å². The number of rotatable bonds is 6. The Labute approximate surface area is 193 Å². The molecule has 32 heavy (non-hydrogen) atoms. The molecule has 0 spiro atoms. The third-order valence-corrected chi connectivity index (χ3v) is 6.01. The topological polar surface area (TPSA) is 72.3 Å². The number of hydrogen-bond donors (Lipinski definition) is 1. The number of ether oxygens (including phenoxy) is 1. The monoisotopic (exact) mass is 453 g/mol. The standard InChI is InChI=1S/C24H28ClN5O2/c1-16-4-9-21(17(2)14-16)30-27-18(3)23(28-30)24(31)26-15-22(29-10-12-32-13-11-29)19-5-7-20(25)8-6-19/h4-9,14,22H,10-13,15H2,1-3H3,(H,26,31). The fourth-order valence-corrected chi connectivity index (χ4v) is 4.16. The maximum Gasteiger partial charge on any atom is 0.273 e. The van der Waals surface area contributed by atoms with Crippen LogP contribution in [0.1, 0.15) is 38.9 Å². The second-order valence-corrected chi connectivity index (χ2v) is 8.58. The van der Waals surface area contributed by atoms with Crippen LogP contribution in [-0.2, 0) is 4.74 Å². The fraction of sp³-hybridized carbons (Fsp3) is 0.375. The van der Waals surface area contributed by atoms with E-state index < -0.39 is 0 Å². The first kappa shape index (κ1) is 22.5. The van der Waals surface area contributed by atoms with Crippen molar-refractivity contribution in [3.63, 3.8) is 0 Å². The minimum absolute atomic E-state index is 0.0230. The third-order valence-electron chi connectivity index (χ3n) is 5.76. The molecule has 2 heterocycles. The molecular formula is C24H28ClN5O2. The van der Waals surface area contributed by atoms with Gasteiger partial charge in [0, 0.05) is 24.7 Å². The highest BCUT2D eigenvalue weighted by atomic mass is 35.5. The van der Waals surface area contributed by atoms with E-state index in [1.807, 2.05) is 50.2 Å². The number of halogens is 1. The van der Waals surface area contributed by atoms with Gasteiger partial charge in [-0.05, 0) is 50.1 Å². The number of amides is 1. The molecule has 1 amide bonds. The van der Waals surface area contributed by atoms with E-state index in [2.05, 4.69) is 26.5 Å². The Kier molecular flexibility index (Phi) is 6.89. The Hall–Kier alpha value is -2.74. The molecular weight excluding hydrogens is 426 g/mol. The summed E-state index contributed by atoms with van der Waals surface area (Å²) in [6, 6.07) is 13.9. The summed E-state index contributed by atoms with van der Waals surface area (Å²) < 4.78 is 5.51. The van der Waals surface area contributed by atoms with Crippen LogP contribution in [-0.4, -0.2) is 58.6 Å². The molecule has 1 fully saturated rings. The van der Waals surface area contributed by atoms with Crippen molar-refractivity contribution in [3.05, 3.63) is 75.6 Å². The minimum atomic E-state index is -0.231. The molecule has 1 aliphatic heterocycles. The van der Waals surface area contributed by atoms with Gasteiger partial charge in [0.15, 0.2) is 5.69 Å². The van der Waals surface area contributed by atoms with Crippen LogP contribution >= 0.6 is 11.6 Å². The van der Waals surface area contributed by atoms with Crippen LogP contribution in [0.25, 0.3) is 5.69 Å². The second kappa shape index (κ2) is 9.81. The summed E-state index contributed by atoms with van der Waals surface area (Å²) in [5, 5.41) is 12.7. The van der Waals surface area contributed by atoms with E-state index in [1.165, 1.54) is 10.4 Å². The van der Waals surface area contributed by atoms with Crippen molar-refractivity contribution in [2.24, 2.45) is 0 Å². The lowest BCUT2D eigenvalue weighted by atomic mass is 10.0. The molecule has 1 N–H and O–H groups in total. The Balaban J connectivity index is 1.52. The molecule has 3 aromatic rings. The number of carbonyl (C=O) groups is 1. The number of morpholine rings is 1. The van der Waals surface area contributed by atoms with Crippen molar-refractivity contribution in [3.8, 4) is 5.69 Å². The molecule has 7 nitrogen and oxygen atoms in total. The zero-order valence-electron chi connectivity index (χ0n) is 18.6. The van der Waals surface area contributed by atoms with Crippen molar-refractivity contribution in [1.82, 2.24) is 25.2 Å². The lowest BCUT2D eigenvalue weighted by molar-refractivity contribution is 0.0162. The Morgan fingerprint density at radius 2 is 1.81 bits per heavy atom. The highest BCUT2D eigenvalue weighted by Crippen LogP contribution is 2.23. The van der Waals surface area contributed by atoms with Gasteiger partial charge < -0.3 is 10.1 Å². The average Bonchev–Trinajstić information content (AvgIpc) is 3.17. The molecule has 0 radical (unpaired) electrons. The summed E-state index contributed by atoms with van der Waals surface area (Å²) in [5.41, 5.74) is 5.13. The Bertz CT molecular complexity index is 1090. The molecule has 4 rings (SSSR count). The molecule has 1 aromatic heterocycles. The maximum atomic E-state index is 13.0. The molecule has 0 aliphatic carbocycles. The largest absolute Gasteiger partial charge is 0.379 e. The number of benzene rings is 2. The first-order valence-electron chi connectivity index (χ1n) is 10.8. The molecule has 1 saturated heterocycles. The van der Waals surface area contributed by atoms with E-state index in [4.69, 9.17) is 16.3 Å². The van der Waals surface area contributed by atoms with Gasteiger partial charge in [-0.1, -0.05) is 41.4 Å². The molecule has 168 valence electrons. The van der Waals surface area contributed by atoms with Gasteiger partial charge >= 0.3 is 0 Å². The summed E-state index contributed by atoms with van der Waals surface area (Å²) in [6.45, 7) is 9.30. The molecule has 8 heteroatoms. The summed E-state index contributed by atoms with van der Waals surface area (Å²) >= 11 is 6.08. The van der Waals surface area contributed by atoms with Gasteiger partial charge in [0.25, 0.3) is 5.91 Å². The quantitative estimate of drug-likeness (QED) is 0.616. The molecule has 1 unspecified atom stereocenters. The van der Waals surface area contributed by atoms with Gasteiger partial charge in [0.2, 0.25) is 0 Å². The second-order valence-electron chi connectivity index (χ2n) is 8.14. The molecule has 1 atom stereocenters. The first-order chi connectivity index (χ1) is 15.4. The number of aryl methyl sites for hydroxylation is 3. The number of aromatic nitrogens is 3. The lowest BCUT2D eigenvalue weighted by Crippen LogP contribution is -2.44. The van der Waals surface area contributed by atoms with Gasteiger partial charge in [-0.15, -0.1) is 5.10 Å². The van der Waals surface area contributed by atoms with E-state index in [1.54, 1.807) is 6.92 Å². The number of nitrogens with zero attached hydrogens (tertiary/aromatic N) is 4. The fourth-order valence-electron chi connectivity index (χ4n) is 4.03. The lowest BCUT2D eigenvalue weighted by Gasteiger charge is -2.34. The van der Waals surface area contributed by atoms with Crippen molar-refractivity contribution in [1.29, 1.82) is 0 Å². The van der Waals surface area contributed by atoms with Gasteiger partial charge in [-0.25, -0.2) is 0 Å². The van der Waals surface area contributed by atoms with Crippen LogP contribution in [0.15, 0.2) is 42.5 Å². The number of carbonyl (C=O) groups excluding carboxylic acids is 1. The molecule has 2 aromatic carbocycles. The first-order valence-corrected chi connectivity index (χ1v) is 11.2. The van der Waals surface area contributed by atoms with Gasteiger partial charge in [0.1, 0.15) is 0 Å². The predicted octanol–water partition coefficient (Wildman–Crippen LogP) is 3.65. The van der Waals surface area contributed by atoms with Crippen LogP contribution in [0, 0.1) is 20.8 Å². The van der Waals surface area contributed by atoms with Crippen molar-refractivity contribution in [2.75, 3.05) is 32.8 Å². The summed E-state index contributed by atoms with van der Waals surface area (Å²) in [7, 11) is 0. The maximum absolute atomic E-state index is 13.0. The van der Waals surface area contributed by atoms with E-state index >= 15 is 0 Å². The van der Waals surface area contributed by atoms with E-state index in [0.717, 1.165) is 29.9 Å². The van der Waals surface area contributed by atoms with Crippen molar-refractivity contribution in [2.45, 2.75) is 26.8 Å². The van der Waals surface area contributed by atoms with E-state index in [0.29, 0.717) is 36.2 Å². The minimum Gasteiger partial charge on any atom is -0.379 e. The number of nitrogens with one attached hydrogen (secondary N) is 1. The SMILES string of the molecule is Cc1ccc(-n2nc(C)c(C(=O)NCC(c3ccc(Cl)cc3)N3CCOCC3)n2)c(C)c1. The molecule has 1 aliphatic rings. The summed E-state index contributed by atoms with van der Waals surface area (Å²) in [5.74, 6) is -0.231. The van der Waals surface area contributed by atoms with Crippen LogP contribution in [0.4, 0.5) is 0 Å². The predicted molar refractivity (Wildman–Crippen MR) is 124 cm³/mol. The van der Waals surface area contributed by atoms with Crippen LogP contribution in [0.2, 0.25) is 5.02 Å². The Morgan fingerprint density at radius 3 is 2.50 bits per heavy atom. The Morgan fingerprint density at radius 1 is 1.09 bits per heavy atom. The van der Waals surface area contributed by atoms with Crippen LogP contribution < -0.4 is 5.32 Å². The van der Waals surface area contributed by atoms with Gasteiger partial charge in [-0.3, -0.25) is 9.69 Å². The van der Waals surface area contributed by atoms with Crippen LogP contribution in [0.3, 0.4) is 0 Å². The summed E-state index contributed by atoms with van der Waals surface area (Å²) in [6.07, 6.45) is 0. The van der Waals surface area contributed by atoms with Gasteiger partial charge in [-0.2, -0.15) is 9.90 Å².